The summed E-state index contributed by atoms with van der Waals surface area (Å²) in [6.07, 6.45) is 0. The van der Waals surface area contributed by atoms with Crippen LogP contribution >= 0.6 is 23.2 Å². The SMILES string of the molecule is CC(COc1ccc(Oc2ccc(Cl)cc2Cl)cc1)C(=O)O. The second-order valence-corrected chi connectivity index (χ2v) is 5.54. The molecule has 0 saturated carbocycles. The van der Waals surface area contributed by atoms with Crippen molar-refractivity contribution in [2.45, 2.75) is 6.92 Å². The van der Waals surface area contributed by atoms with Crippen LogP contribution < -0.4 is 9.47 Å². The quantitative estimate of drug-likeness (QED) is 0.813. The molecule has 0 bridgehead atoms. The predicted octanol–water partition coefficient (Wildman–Crippen LogP) is 4.89. The molecule has 0 spiro atoms. The maximum atomic E-state index is 10.7. The average molecular weight is 341 g/mol. The summed E-state index contributed by atoms with van der Waals surface area (Å²) in [4.78, 5) is 10.7. The van der Waals surface area contributed by atoms with Crippen molar-refractivity contribution in [2.24, 2.45) is 5.92 Å². The van der Waals surface area contributed by atoms with E-state index >= 15 is 0 Å². The standard InChI is InChI=1S/C16H14Cl2O4/c1-10(16(19)20)9-21-12-3-5-13(6-4-12)22-15-7-2-11(17)8-14(15)18/h2-8,10H,9H2,1H3,(H,19,20). The molecule has 0 aliphatic rings. The highest BCUT2D eigenvalue weighted by molar-refractivity contribution is 6.35. The van der Waals surface area contributed by atoms with E-state index in [0.717, 1.165) is 0 Å². The Morgan fingerprint density at radius 2 is 1.77 bits per heavy atom. The first kappa shape index (κ1) is 16.5. The summed E-state index contributed by atoms with van der Waals surface area (Å²) in [5.74, 6) is 0.200. The number of halogens is 2. The first-order valence-electron chi connectivity index (χ1n) is 6.54. The fourth-order valence-corrected chi connectivity index (χ4v) is 2.03. The van der Waals surface area contributed by atoms with Gasteiger partial charge in [0.25, 0.3) is 0 Å². The summed E-state index contributed by atoms with van der Waals surface area (Å²) < 4.78 is 11.0. The minimum absolute atomic E-state index is 0.110. The molecular formula is C16H14Cl2O4. The lowest BCUT2D eigenvalue weighted by atomic mass is 10.2. The molecule has 0 fully saturated rings. The maximum Gasteiger partial charge on any atom is 0.309 e. The van der Waals surface area contributed by atoms with Gasteiger partial charge in [0.1, 0.15) is 23.9 Å². The number of carboxylic acid groups (broad SMARTS) is 1. The number of carbonyl (C=O) groups is 1. The average Bonchev–Trinajstić information content (AvgIpc) is 2.49. The molecule has 0 heterocycles. The second kappa shape index (κ2) is 7.38. The van der Waals surface area contributed by atoms with Crippen molar-refractivity contribution < 1.29 is 19.4 Å². The van der Waals surface area contributed by atoms with Crippen LogP contribution in [0, 0.1) is 5.92 Å². The summed E-state index contributed by atoms with van der Waals surface area (Å²) >= 11 is 11.9. The molecule has 0 amide bonds. The first-order valence-corrected chi connectivity index (χ1v) is 7.30. The third-order valence-electron chi connectivity index (χ3n) is 2.87. The number of ether oxygens (including phenoxy) is 2. The molecule has 0 aromatic heterocycles. The Balaban J connectivity index is 1.98. The summed E-state index contributed by atoms with van der Waals surface area (Å²) in [5.41, 5.74) is 0. The number of benzene rings is 2. The zero-order valence-electron chi connectivity index (χ0n) is 11.8. The Kier molecular flexibility index (Phi) is 5.52. The van der Waals surface area contributed by atoms with E-state index in [1.54, 1.807) is 49.4 Å². The van der Waals surface area contributed by atoms with E-state index in [9.17, 15) is 4.79 Å². The van der Waals surface area contributed by atoms with Crippen molar-refractivity contribution in [3.05, 3.63) is 52.5 Å². The second-order valence-electron chi connectivity index (χ2n) is 4.70. The summed E-state index contributed by atoms with van der Waals surface area (Å²) in [7, 11) is 0. The molecule has 2 aromatic carbocycles. The number of aliphatic carboxylic acids is 1. The van der Waals surface area contributed by atoms with Crippen molar-refractivity contribution >= 4 is 29.2 Å². The minimum Gasteiger partial charge on any atom is -0.493 e. The van der Waals surface area contributed by atoms with Crippen LogP contribution in [0.3, 0.4) is 0 Å². The number of hydrogen-bond acceptors (Lipinski definition) is 3. The summed E-state index contributed by atoms with van der Waals surface area (Å²) in [6.45, 7) is 1.70. The third-order valence-corrected chi connectivity index (χ3v) is 3.40. The van der Waals surface area contributed by atoms with E-state index < -0.39 is 11.9 Å². The topological polar surface area (TPSA) is 55.8 Å². The summed E-state index contributed by atoms with van der Waals surface area (Å²) in [5, 5.41) is 9.75. The van der Waals surface area contributed by atoms with Crippen molar-refractivity contribution in [2.75, 3.05) is 6.61 Å². The molecule has 22 heavy (non-hydrogen) atoms. The predicted molar refractivity (Wildman–Crippen MR) is 85.3 cm³/mol. The lowest BCUT2D eigenvalue weighted by molar-refractivity contribution is -0.142. The van der Waals surface area contributed by atoms with Gasteiger partial charge in [-0.1, -0.05) is 23.2 Å². The molecule has 2 aromatic rings. The highest BCUT2D eigenvalue weighted by Gasteiger charge is 2.11. The fraction of sp³-hybridized carbons (Fsp3) is 0.188. The molecule has 0 aliphatic carbocycles. The van der Waals surface area contributed by atoms with Crippen LogP contribution in [0.5, 0.6) is 17.2 Å². The van der Waals surface area contributed by atoms with Crippen LogP contribution in [0.15, 0.2) is 42.5 Å². The van der Waals surface area contributed by atoms with E-state index in [1.807, 2.05) is 0 Å². The van der Waals surface area contributed by atoms with Gasteiger partial charge in [-0.15, -0.1) is 0 Å². The lowest BCUT2D eigenvalue weighted by Gasteiger charge is -2.11. The Bertz CT molecular complexity index is 656. The largest absolute Gasteiger partial charge is 0.493 e. The third kappa shape index (κ3) is 4.55. The highest BCUT2D eigenvalue weighted by atomic mass is 35.5. The Hall–Kier alpha value is -1.91. The van der Waals surface area contributed by atoms with E-state index in [4.69, 9.17) is 37.8 Å². The van der Waals surface area contributed by atoms with Gasteiger partial charge >= 0.3 is 5.97 Å². The van der Waals surface area contributed by atoms with E-state index in [-0.39, 0.29) is 6.61 Å². The maximum absolute atomic E-state index is 10.7. The van der Waals surface area contributed by atoms with Crippen LogP contribution in [0.25, 0.3) is 0 Å². The minimum atomic E-state index is -0.891. The van der Waals surface area contributed by atoms with Crippen molar-refractivity contribution in [3.8, 4) is 17.2 Å². The van der Waals surface area contributed by atoms with Crippen LogP contribution in [0.2, 0.25) is 10.0 Å². The monoisotopic (exact) mass is 340 g/mol. The van der Waals surface area contributed by atoms with Crippen LogP contribution in [-0.4, -0.2) is 17.7 Å². The van der Waals surface area contributed by atoms with Crippen LogP contribution in [0.4, 0.5) is 0 Å². The van der Waals surface area contributed by atoms with Gasteiger partial charge in [0.15, 0.2) is 0 Å². The number of hydrogen-bond donors (Lipinski definition) is 1. The molecule has 1 N–H and O–H groups in total. The molecule has 116 valence electrons. The van der Waals surface area contributed by atoms with Gasteiger partial charge in [-0.3, -0.25) is 4.79 Å². The van der Waals surface area contributed by atoms with Gasteiger partial charge in [-0.05, 0) is 49.4 Å². The molecule has 4 nitrogen and oxygen atoms in total. The zero-order chi connectivity index (χ0) is 16.1. The van der Waals surface area contributed by atoms with Crippen molar-refractivity contribution in [3.63, 3.8) is 0 Å². The van der Waals surface area contributed by atoms with E-state index in [1.165, 1.54) is 0 Å². The summed E-state index contributed by atoms with van der Waals surface area (Å²) in [6, 6.07) is 11.8. The first-order chi connectivity index (χ1) is 10.5. The Morgan fingerprint density at radius 3 is 2.36 bits per heavy atom. The van der Waals surface area contributed by atoms with Gasteiger partial charge in [0.05, 0.1) is 10.9 Å². The highest BCUT2D eigenvalue weighted by Crippen LogP contribution is 2.32. The molecule has 0 radical (unpaired) electrons. The Morgan fingerprint density at radius 1 is 1.14 bits per heavy atom. The molecule has 1 atom stereocenters. The van der Waals surface area contributed by atoms with Crippen LogP contribution in [0.1, 0.15) is 6.92 Å². The van der Waals surface area contributed by atoms with Crippen molar-refractivity contribution in [1.82, 2.24) is 0 Å². The van der Waals surface area contributed by atoms with Gasteiger partial charge < -0.3 is 14.6 Å². The molecule has 2 rings (SSSR count). The van der Waals surface area contributed by atoms with Gasteiger partial charge in [0, 0.05) is 5.02 Å². The lowest BCUT2D eigenvalue weighted by Crippen LogP contribution is -2.17. The molecule has 6 heteroatoms. The Labute approximate surface area is 138 Å². The van der Waals surface area contributed by atoms with E-state index in [2.05, 4.69) is 0 Å². The molecule has 1 unspecified atom stereocenters. The van der Waals surface area contributed by atoms with Crippen molar-refractivity contribution in [1.29, 1.82) is 0 Å². The smallest absolute Gasteiger partial charge is 0.309 e. The zero-order valence-corrected chi connectivity index (χ0v) is 13.3. The van der Waals surface area contributed by atoms with Gasteiger partial charge in [0.2, 0.25) is 0 Å². The van der Waals surface area contributed by atoms with E-state index in [0.29, 0.717) is 27.3 Å². The normalized spacial score (nSPS) is 11.8. The van der Waals surface area contributed by atoms with Gasteiger partial charge in [-0.2, -0.15) is 0 Å². The van der Waals surface area contributed by atoms with Crippen LogP contribution in [-0.2, 0) is 4.79 Å². The molecule has 0 aliphatic heterocycles. The molecular weight excluding hydrogens is 327 g/mol. The number of rotatable bonds is 6. The van der Waals surface area contributed by atoms with Gasteiger partial charge in [-0.25, -0.2) is 0 Å². The fourth-order valence-electron chi connectivity index (χ4n) is 1.58. The number of carboxylic acids is 1. The molecule has 0 saturated heterocycles.